The number of hydrogen-bond donors (Lipinski definition) is 1. The van der Waals surface area contributed by atoms with Crippen LogP contribution in [0.25, 0.3) is 0 Å². The molecule has 1 heterocycles. The minimum atomic E-state index is 0.202. The van der Waals surface area contributed by atoms with E-state index in [1.54, 1.807) is 6.20 Å². The summed E-state index contributed by atoms with van der Waals surface area (Å²) in [5, 5.41) is 6.92. The zero-order valence-corrected chi connectivity index (χ0v) is 11.3. The van der Waals surface area contributed by atoms with Crippen molar-refractivity contribution in [3.05, 3.63) is 52.8 Å². The number of carbonyl (C=O) groups excluding carboxylic acids is 1. The smallest absolute Gasteiger partial charge is 0.166 e. The van der Waals surface area contributed by atoms with Crippen LogP contribution >= 0.6 is 0 Å². The Balaban J connectivity index is 1.86. The first-order chi connectivity index (χ1) is 9.15. The van der Waals surface area contributed by atoms with E-state index in [-0.39, 0.29) is 11.7 Å². The largest absolute Gasteiger partial charge is 0.294 e. The third-order valence-corrected chi connectivity index (χ3v) is 3.98. The zero-order chi connectivity index (χ0) is 13.4. The van der Waals surface area contributed by atoms with Crippen molar-refractivity contribution in [1.82, 2.24) is 10.2 Å². The van der Waals surface area contributed by atoms with Crippen LogP contribution in [0.2, 0.25) is 0 Å². The minimum Gasteiger partial charge on any atom is -0.294 e. The van der Waals surface area contributed by atoms with Crippen LogP contribution in [0.15, 0.2) is 30.5 Å². The number of benzene rings is 1. The number of H-pyrrole nitrogens is 1. The molecule has 2 aromatic rings. The third kappa shape index (κ3) is 2.21. The molecule has 3 heteroatoms. The normalized spacial score (nSPS) is 18.7. The van der Waals surface area contributed by atoms with Crippen molar-refractivity contribution in [3.8, 4) is 0 Å². The van der Waals surface area contributed by atoms with Gasteiger partial charge in [0.15, 0.2) is 5.78 Å². The van der Waals surface area contributed by atoms with Crippen molar-refractivity contribution >= 4 is 5.78 Å². The van der Waals surface area contributed by atoms with Crippen LogP contribution in [0.4, 0.5) is 0 Å². The summed E-state index contributed by atoms with van der Waals surface area (Å²) in [5.41, 5.74) is 4.34. The molecular formula is C16H18N2O. The van der Waals surface area contributed by atoms with Gasteiger partial charge >= 0.3 is 0 Å². The van der Waals surface area contributed by atoms with Crippen LogP contribution in [-0.2, 0) is 6.42 Å². The Morgan fingerprint density at radius 1 is 1.21 bits per heavy atom. The molecule has 1 aromatic heterocycles. The third-order valence-electron chi connectivity index (χ3n) is 3.98. The number of nitrogens with one attached hydrogen (secondary N) is 1. The van der Waals surface area contributed by atoms with E-state index in [2.05, 4.69) is 48.3 Å². The lowest BCUT2D eigenvalue weighted by Gasteiger charge is -2.21. The van der Waals surface area contributed by atoms with Crippen LogP contribution in [0.1, 0.15) is 59.3 Å². The average Bonchev–Trinajstić information content (AvgIpc) is 2.87. The van der Waals surface area contributed by atoms with Gasteiger partial charge in [-0.3, -0.25) is 9.89 Å². The summed E-state index contributed by atoms with van der Waals surface area (Å²) in [6.07, 6.45) is 3.12. The highest BCUT2D eigenvalue weighted by atomic mass is 16.1. The Morgan fingerprint density at radius 2 is 1.95 bits per heavy atom. The number of Topliss-reactive ketones (excluding diaryl/α,β-unsaturated/α-hetero) is 1. The molecule has 1 atom stereocenters. The Labute approximate surface area is 113 Å². The molecule has 0 radical (unpaired) electrons. The van der Waals surface area contributed by atoms with E-state index in [0.717, 1.165) is 17.7 Å². The van der Waals surface area contributed by atoms with Crippen LogP contribution in [0.5, 0.6) is 0 Å². The molecule has 19 heavy (non-hydrogen) atoms. The summed E-state index contributed by atoms with van der Waals surface area (Å²) in [5.74, 6) is 1.02. The molecule has 0 spiro atoms. The van der Waals surface area contributed by atoms with Crippen molar-refractivity contribution in [3.63, 3.8) is 0 Å². The molecule has 98 valence electrons. The predicted octanol–water partition coefficient (Wildman–Crippen LogP) is 3.45. The second-order valence-corrected chi connectivity index (χ2v) is 5.61. The number of aromatic amines is 1. The first kappa shape index (κ1) is 12.2. The minimum absolute atomic E-state index is 0.202. The molecule has 3 nitrogen and oxygen atoms in total. The summed E-state index contributed by atoms with van der Waals surface area (Å²) in [4.78, 5) is 12.0. The highest BCUT2D eigenvalue weighted by molar-refractivity contribution is 5.98. The second-order valence-electron chi connectivity index (χ2n) is 5.61. The Bertz CT molecular complexity index is 595. The van der Waals surface area contributed by atoms with Crippen molar-refractivity contribution in [2.24, 2.45) is 0 Å². The van der Waals surface area contributed by atoms with Crippen LogP contribution < -0.4 is 0 Å². The Hall–Kier alpha value is -1.90. The summed E-state index contributed by atoms with van der Waals surface area (Å²) in [7, 11) is 0. The monoisotopic (exact) mass is 254 g/mol. The van der Waals surface area contributed by atoms with E-state index in [1.165, 1.54) is 11.1 Å². The van der Waals surface area contributed by atoms with Crippen LogP contribution in [-0.4, -0.2) is 16.0 Å². The fourth-order valence-electron chi connectivity index (χ4n) is 2.75. The van der Waals surface area contributed by atoms with Gasteiger partial charge in [-0.1, -0.05) is 38.1 Å². The van der Waals surface area contributed by atoms with Gasteiger partial charge in [-0.25, -0.2) is 0 Å². The standard InChI is InChI=1S/C16H18N2O/c1-10(2)11-3-5-12(6-4-11)13-7-15-14(9-17-18-15)16(19)8-13/h3-6,9-10,13H,7-8H2,1-2H3,(H,17,18). The van der Waals surface area contributed by atoms with Crippen molar-refractivity contribution in [2.45, 2.75) is 38.5 Å². The van der Waals surface area contributed by atoms with Crippen LogP contribution in [0, 0.1) is 0 Å². The van der Waals surface area contributed by atoms with Crippen molar-refractivity contribution < 1.29 is 4.79 Å². The van der Waals surface area contributed by atoms with Gasteiger partial charge < -0.3 is 0 Å². The summed E-state index contributed by atoms with van der Waals surface area (Å²) < 4.78 is 0. The van der Waals surface area contributed by atoms with E-state index >= 15 is 0 Å². The lowest BCUT2D eigenvalue weighted by atomic mass is 9.82. The summed E-state index contributed by atoms with van der Waals surface area (Å²) in [6, 6.07) is 8.67. The fraction of sp³-hybridized carbons (Fsp3) is 0.375. The van der Waals surface area contributed by atoms with E-state index < -0.39 is 0 Å². The van der Waals surface area contributed by atoms with Crippen molar-refractivity contribution in [2.75, 3.05) is 0 Å². The lowest BCUT2D eigenvalue weighted by molar-refractivity contribution is 0.0964. The molecule has 0 amide bonds. The van der Waals surface area contributed by atoms with Gasteiger partial charge in [0.05, 0.1) is 11.8 Å². The maximum Gasteiger partial charge on any atom is 0.166 e. The quantitative estimate of drug-likeness (QED) is 0.892. The first-order valence-electron chi connectivity index (χ1n) is 6.80. The number of ketones is 1. The average molecular weight is 254 g/mol. The van der Waals surface area contributed by atoms with Gasteiger partial charge in [-0.05, 0) is 29.4 Å². The topological polar surface area (TPSA) is 45.8 Å². The molecule has 0 aliphatic heterocycles. The Morgan fingerprint density at radius 3 is 2.63 bits per heavy atom. The zero-order valence-electron chi connectivity index (χ0n) is 11.3. The summed E-state index contributed by atoms with van der Waals surface area (Å²) >= 11 is 0. The Kier molecular flexibility index (Phi) is 2.97. The summed E-state index contributed by atoms with van der Waals surface area (Å²) in [6.45, 7) is 4.38. The van der Waals surface area contributed by atoms with Crippen LogP contribution in [0.3, 0.4) is 0 Å². The first-order valence-corrected chi connectivity index (χ1v) is 6.80. The number of carbonyl (C=O) groups is 1. The molecule has 1 N–H and O–H groups in total. The van der Waals surface area contributed by atoms with E-state index in [9.17, 15) is 4.79 Å². The second kappa shape index (κ2) is 4.65. The van der Waals surface area contributed by atoms with Gasteiger partial charge in [-0.2, -0.15) is 5.10 Å². The number of fused-ring (bicyclic) bond motifs is 1. The van der Waals surface area contributed by atoms with E-state index in [4.69, 9.17) is 0 Å². The molecular weight excluding hydrogens is 236 g/mol. The SMILES string of the molecule is CC(C)c1ccc(C2CC(=O)c3cn[nH]c3C2)cc1. The molecule has 0 bridgehead atoms. The van der Waals surface area contributed by atoms with Crippen molar-refractivity contribution in [1.29, 1.82) is 0 Å². The predicted molar refractivity (Wildman–Crippen MR) is 74.5 cm³/mol. The lowest BCUT2D eigenvalue weighted by Crippen LogP contribution is -2.17. The molecule has 3 rings (SSSR count). The highest BCUT2D eigenvalue weighted by Crippen LogP contribution is 2.32. The van der Waals surface area contributed by atoms with Gasteiger partial charge in [0, 0.05) is 12.1 Å². The highest BCUT2D eigenvalue weighted by Gasteiger charge is 2.27. The van der Waals surface area contributed by atoms with E-state index in [0.29, 0.717) is 12.3 Å². The number of rotatable bonds is 2. The maximum atomic E-state index is 12.0. The molecule has 1 aromatic carbocycles. The fourth-order valence-corrected chi connectivity index (χ4v) is 2.75. The molecule has 1 aliphatic rings. The number of nitrogens with zero attached hydrogens (tertiary/aromatic N) is 1. The van der Waals surface area contributed by atoms with E-state index in [1.807, 2.05) is 0 Å². The molecule has 1 aliphatic carbocycles. The van der Waals surface area contributed by atoms with Gasteiger partial charge in [0.1, 0.15) is 0 Å². The van der Waals surface area contributed by atoms with Gasteiger partial charge in [0.25, 0.3) is 0 Å². The van der Waals surface area contributed by atoms with Gasteiger partial charge in [0.2, 0.25) is 0 Å². The van der Waals surface area contributed by atoms with Gasteiger partial charge in [-0.15, -0.1) is 0 Å². The molecule has 0 saturated carbocycles. The molecule has 0 fully saturated rings. The molecule has 0 saturated heterocycles. The number of hydrogen-bond acceptors (Lipinski definition) is 2. The maximum absolute atomic E-state index is 12.0. The molecule has 1 unspecified atom stereocenters. The number of aromatic nitrogens is 2.